The Morgan fingerprint density at radius 3 is 2.49 bits per heavy atom. The lowest BCUT2D eigenvalue weighted by Gasteiger charge is -2.26. The topological polar surface area (TPSA) is 76.1 Å². The van der Waals surface area contributed by atoms with E-state index < -0.39 is 17.7 Å². The van der Waals surface area contributed by atoms with Gasteiger partial charge >= 0.3 is 0 Å². The highest BCUT2D eigenvalue weighted by molar-refractivity contribution is 6.51. The summed E-state index contributed by atoms with van der Waals surface area (Å²) in [6, 6.07) is 20.9. The Hall–Kier alpha value is -4.06. The molecule has 2 aliphatic rings. The number of rotatable bonds is 5. The van der Waals surface area contributed by atoms with Crippen LogP contribution in [0.5, 0.6) is 11.5 Å². The first-order valence-electron chi connectivity index (χ1n) is 11.8. The molecule has 178 valence electrons. The minimum absolute atomic E-state index is 0.0174. The van der Waals surface area contributed by atoms with Gasteiger partial charge < -0.3 is 14.6 Å². The van der Waals surface area contributed by atoms with Gasteiger partial charge in [0.05, 0.1) is 24.3 Å². The van der Waals surface area contributed by atoms with Gasteiger partial charge in [-0.2, -0.15) is 0 Å². The van der Waals surface area contributed by atoms with E-state index in [1.807, 2.05) is 68.4 Å². The van der Waals surface area contributed by atoms with Crippen molar-refractivity contribution in [2.24, 2.45) is 0 Å². The lowest BCUT2D eigenvalue weighted by Crippen LogP contribution is -2.29. The summed E-state index contributed by atoms with van der Waals surface area (Å²) in [7, 11) is 0. The zero-order valence-corrected chi connectivity index (χ0v) is 19.7. The Morgan fingerprint density at radius 1 is 1.03 bits per heavy atom. The summed E-state index contributed by atoms with van der Waals surface area (Å²) in [6.45, 7) is 4.56. The van der Waals surface area contributed by atoms with Crippen molar-refractivity contribution in [3.8, 4) is 11.5 Å². The SMILES string of the molecule is CC(C)Oc1ccc(C2/C(=C(/O)c3ccc4c(c3)CCCO4)C(=O)C(=O)N2c2ccccc2)cc1. The van der Waals surface area contributed by atoms with E-state index in [0.717, 1.165) is 24.2 Å². The fourth-order valence-electron chi connectivity index (χ4n) is 4.67. The summed E-state index contributed by atoms with van der Waals surface area (Å²) in [6.07, 6.45) is 1.74. The van der Waals surface area contributed by atoms with Crippen LogP contribution in [-0.4, -0.2) is 29.5 Å². The number of aliphatic hydroxyl groups excluding tert-OH is 1. The van der Waals surface area contributed by atoms with Gasteiger partial charge in [0.2, 0.25) is 0 Å². The molecule has 35 heavy (non-hydrogen) atoms. The van der Waals surface area contributed by atoms with E-state index in [1.165, 1.54) is 4.90 Å². The molecule has 0 radical (unpaired) electrons. The molecule has 1 N–H and O–H groups in total. The molecule has 0 bridgehead atoms. The number of Topliss-reactive ketones (excluding diaryl/α,β-unsaturated/α-hetero) is 1. The monoisotopic (exact) mass is 469 g/mol. The Balaban J connectivity index is 1.64. The maximum Gasteiger partial charge on any atom is 0.300 e. The van der Waals surface area contributed by atoms with E-state index in [0.29, 0.717) is 29.2 Å². The molecule has 0 aliphatic carbocycles. The standard InChI is InChI=1S/C29H27NO5/c1-18(2)35-23-13-10-19(11-14-23)26-25(28(32)29(33)30(26)22-8-4-3-5-9-22)27(31)21-12-15-24-20(17-21)7-6-16-34-24/h3-5,8-15,17-18,26,31H,6-7,16H2,1-2H3/b27-25-. The average molecular weight is 470 g/mol. The molecule has 0 spiro atoms. The van der Waals surface area contributed by atoms with Crippen LogP contribution in [0.2, 0.25) is 0 Å². The van der Waals surface area contributed by atoms with Gasteiger partial charge in [0, 0.05) is 11.3 Å². The van der Waals surface area contributed by atoms with Crippen molar-refractivity contribution in [1.29, 1.82) is 0 Å². The van der Waals surface area contributed by atoms with E-state index in [-0.39, 0.29) is 17.4 Å². The van der Waals surface area contributed by atoms with Crippen molar-refractivity contribution in [3.63, 3.8) is 0 Å². The number of aryl methyl sites for hydroxylation is 1. The zero-order chi connectivity index (χ0) is 24.5. The average Bonchev–Trinajstić information content (AvgIpc) is 3.14. The molecular weight excluding hydrogens is 442 g/mol. The summed E-state index contributed by atoms with van der Waals surface area (Å²) in [5.41, 5.74) is 2.81. The van der Waals surface area contributed by atoms with Crippen LogP contribution in [0.25, 0.3) is 5.76 Å². The molecule has 1 fully saturated rings. The molecular formula is C29H27NO5. The lowest BCUT2D eigenvalue weighted by atomic mass is 9.94. The number of benzene rings is 3. The van der Waals surface area contributed by atoms with Gasteiger partial charge in [-0.3, -0.25) is 14.5 Å². The van der Waals surface area contributed by atoms with Crippen LogP contribution >= 0.6 is 0 Å². The number of carbonyl (C=O) groups is 2. The number of amides is 1. The van der Waals surface area contributed by atoms with Gasteiger partial charge in [-0.1, -0.05) is 30.3 Å². The fraction of sp³-hybridized carbons (Fsp3) is 0.241. The largest absolute Gasteiger partial charge is 0.507 e. The summed E-state index contributed by atoms with van der Waals surface area (Å²) < 4.78 is 11.4. The summed E-state index contributed by atoms with van der Waals surface area (Å²) >= 11 is 0. The molecule has 3 aromatic rings. The number of fused-ring (bicyclic) bond motifs is 1. The van der Waals surface area contributed by atoms with Gasteiger partial charge in [0.15, 0.2) is 0 Å². The molecule has 0 aromatic heterocycles. The highest BCUT2D eigenvalue weighted by atomic mass is 16.5. The van der Waals surface area contributed by atoms with Crippen molar-refractivity contribution in [2.75, 3.05) is 11.5 Å². The second kappa shape index (κ2) is 9.29. The minimum atomic E-state index is -0.780. The Kier molecular flexibility index (Phi) is 6.03. The number of carbonyl (C=O) groups excluding carboxylic acids is 2. The third-order valence-corrected chi connectivity index (χ3v) is 6.23. The number of hydrogen-bond donors (Lipinski definition) is 1. The molecule has 1 atom stereocenters. The number of para-hydroxylation sites is 1. The van der Waals surface area contributed by atoms with Crippen LogP contribution in [0.4, 0.5) is 5.69 Å². The highest BCUT2D eigenvalue weighted by Crippen LogP contribution is 2.43. The third-order valence-electron chi connectivity index (χ3n) is 6.23. The lowest BCUT2D eigenvalue weighted by molar-refractivity contribution is -0.132. The van der Waals surface area contributed by atoms with E-state index >= 15 is 0 Å². The highest BCUT2D eigenvalue weighted by Gasteiger charge is 2.47. The number of ketones is 1. The molecule has 2 aliphatic heterocycles. The van der Waals surface area contributed by atoms with E-state index in [1.54, 1.807) is 18.2 Å². The number of aliphatic hydroxyl groups is 1. The Bertz CT molecular complexity index is 1290. The first kappa shape index (κ1) is 22.7. The van der Waals surface area contributed by atoms with Crippen LogP contribution in [0.3, 0.4) is 0 Å². The maximum absolute atomic E-state index is 13.3. The van der Waals surface area contributed by atoms with E-state index in [4.69, 9.17) is 9.47 Å². The van der Waals surface area contributed by atoms with Crippen molar-refractivity contribution in [1.82, 2.24) is 0 Å². The molecule has 1 unspecified atom stereocenters. The molecule has 2 heterocycles. The second-order valence-electron chi connectivity index (χ2n) is 9.01. The summed E-state index contributed by atoms with van der Waals surface area (Å²) in [5, 5.41) is 11.4. The molecule has 6 nitrogen and oxygen atoms in total. The predicted molar refractivity (Wildman–Crippen MR) is 134 cm³/mol. The third kappa shape index (κ3) is 4.28. The fourth-order valence-corrected chi connectivity index (χ4v) is 4.67. The molecule has 1 amide bonds. The first-order chi connectivity index (χ1) is 16.9. The molecule has 1 saturated heterocycles. The quantitative estimate of drug-likeness (QED) is 0.307. The number of hydrogen-bond acceptors (Lipinski definition) is 5. The zero-order valence-electron chi connectivity index (χ0n) is 19.7. The Labute approximate surface area is 204 Å². The van der Waals surface area contributed by atoms with Crippen molar-refractivity contribution >= 4 is 23.1 Å². The van der Waals surface area contributed by atoms with Crippen LogP contribution < -0.4 is 14.4 Å². The molecule has 6 heteroatoms. The van der Waals surface area contributed by atoms with Crippen LogP contribution in [0, 0.1) is 0 Å². The van der Waals surface area contributed by atoms with Crippen LogP contribution in [0.15, 0.2) is 78.4 Å². The number of ether oxygens (including phenoxy) is 2. The second-order valence-corrected chi connectivity index (χ2v) is 9.01. The first-order valence-corrected chi connectivity index (χ1v) is 11.8. The van der Waals surface area contributed by atoms with E-state index in [9.17, 15) is 14.7 Å². The Morgan fingerprint density at radius 2 is 1.77 bits per heavy atom. The number of nitrogens with zero attached hydrogens (tertiary/aromatic N) is 1. The van der Waals surface area contributed by atoms with Crippen molar-refractivity contribution in [2.45, 2.75) is 38.8 Å². The predicted octanol–water partition coefficient (Wildman–Crippen LogP) is 5.43. The molecule has 5 rings (SSSR count). The van der Waals surface area contributed by atoms with Gasteiger partial charge in [0.25, 0.3) is 11.7 Å². The van der Waals surface area contributed by atoms with Crippen molar-refractivity contribution in [3.05, 3.63) is 95.1 Å². The normalized spacial score (nSPS) is 18.9. The van der Waals surface area contributed by atoms with Crippen LogP contribution in [0.1, 0.15) is 43.0 Å². The van der Waals surface area contributed by atoms with Gasteiger partial charge in [-0.25, -0.2) is 0 Å². The maximum atomic E-state index is 13.3. The molecule has 3 aromatic carbocycles. The summed E-state index contributed by atoms with van der Waals surface area (Å²) in [5.74, 6) is -0.105. The van der Waals surface area contributed by atoms with Crippen molar-refractivity contribution < 1.29 is 24.2 Å². The smallest absolute Gasteiger partial charge is 0.300 e. The summed E-state index contributed by atoms with van der Waals surface area (Å²) in [4.78, 5) is 28.0. The van der Waals surface area contributed by atoms with E-state index in [2.05, 4.69) is 0 Å². The van der Waals surface area contributed by atoms with Gasteiger partial charge in [0.1, 0.15) is 17.3 Å². The number of anilines is 1. The van der Waals surface area contributed by atoms with Gasteiger partial charge in [-0.05, 0) is 80.3 Å². The van der Waals surface area contributed by atoms with Gasteiger partial charge in [-0.15, -0.1) is 0 Å². The molecule has 0 saturated carbocycles. The van der Waals surface area contributed by atoms with Crippen LogP contribution in [-0.2, 0) is 16.0 Å². The minimum Gasteiger partial charge on any atom is -0.507 e.